The van der Waals surface area contributed by atoms with Crippen molar-refractivity contribution in [1.29, 1.82) is 0 Å². The van der Waals surface area contributed by atoms with E-state index in [2.05, 4.69) is 10.1 Å². The number of halogens is 3. The molecule has 1 aromatic heterocycles. The standard InChI is InChI=1S/C21H22F3N3O5S/c1-11(21(22,23)24)31-16-6-5-14(33(2,29)30)7-15(16)18(28)27-9-13-8-20(13,10-27)19-25-17(26-32-19)12-3-4-12/h5-7,11-13H,3-4,8-10H2,1-2H3/t11-,13?,20?/m0/s1. The molecule has 178 valence electrons. The van der Waals surface area contributed by atoms with E-state index in [0.717, 1.165) is 50.6 Å². The van der Waals surface area contributed by atoms with E-state index < -0.39 is 33.4 Å². The maximum absolute atomic E-state index is 13.3. The lowest BCUT2D eigenvalue weighted by molar-refractivity contribution is -0.189. The van der Waals surface area contributed by atoms with Crippen molar-refractivity contribution in [3.63, 3.8) is 0 Å². The van der Waals surface area contributed by atoms with Gasteiger partial charge in [0.1, 0.15) is 5.75 Å². The van der Waals surface area contributed by atoms with E-state index in [-0.39, 0.29) is 28.7 Å². The number of hydrogen-bond donors (Lipinski definition) is 0. The van der Waals surface area contributed by atoms with Gasteiger partial charge in [0.2, 0.25) is 5.89 Å². The van der Waals surface area contributed by atoms with Crippen LogP contribution < -0.4 is 4.74 Å². The van der Waals surface area contributed by atoms with Crippen molar-refractivity contribution in [1.82, 2.24) is 15.0 Å². The van der Waals surface area contributed by atoms with Gasteiger partial charge in [-0.1, -0.05) is 5.16 Å². The number of aromatic nitrogens is 2. The van der Waals surface area contributed by atoms with Crippen LogP contribution in [0.25, 0.3) is 0 Å². The highest BCUT2D eigenvalue weighted by atomic mass is 32.2. The zero-order valence-corrected chi connectivity index (χ0v) is 18.7. The average Bonchev–Trinajstić information content (AvgIpc) is 3.61. The van der Waals surface area contributed by atoms with Crippen LogP contribution in [0.1, 0.15) is 54.2 Å². The summed E-state index contributed by atoms with van der Waals surface area (Å²) in [4.78, 5) is 19.2. The van der Waals surface area contributed by atoms with Crippen LogP contribution in [0.5, 0.6) is 5.75 Å². The molecule has 1 saturated heterocycles. The molecule has 3 fully saturated rings. The number of ether oxygens (including phenoxy) is 1. The lowest BCUT2D eigenvalue weighted by atomic mass is 10.1. The van der Waals surface area contributed by atoms with E-state index in [1.807, 2.05) is 0 Å². The van der Waals surface area contributed by atoms with Crippen LogP contribution in [0, 0.1) is 5.92 Å². The first-order valence-electron chi connectivity index (χ1n) is 10.6. The third kappa shape index (κ3) is 3.98. The molecule has 2 aliphatic carbocycles. The largest absolute Gasteiger partial charge is 0.480 e. The molecule has 8 nitrogen and oxygen atoms in total. The van der Waals surface area contributed by atoms with Crippen molar-refractivity contribution >= 4 is 15.7 Å². The van der Waals surface area contributed by atoms with E-state index in [0.29, 0.717) is 24.2 Å². The number of fused-ring (bicyclic) bond motifs is 1. The number of nitrogens with zero attached hydrogens (tertiary/aromatic N) is 3. The first-order valence-corrected chi connectivity index (χ1v) is 12.5. The van der Waals surface area contributed by atoms with Crippen molar-refractivity contribution in [3.05, 3.63) is 35.5 Å². The molecule has 33 heavy (non-hydrogen) atoms. The van der Waals surface area contributed by atoms with Gasteiger partial charge < -0.3 is 14.2 Å². The number of likely N-dealkylation sites (tertiary alicyclic amines) is 1. The number of benzene rings is 1. The molecule has 3 aliphatic rings. The SMILES string of the molecule is C[C@H](Oc1ccc(S(C)(=O)=O)cc1C(=O)N1CC2CC2(c2nc(C3CC3)no2)C1)C(F)(F)F. The normalized spacial score (nSPS) is 25.6. The van der Waals surface area contributed by atoms with Crippen LogP contribution in [0.15, 0.2) is 27.6 Å². The Morgan fingerprint density at radius 1 is 1.33 bits per heavy atom. The molecule has 12 heteroatoms. The third-order valence-corrected chi connectivity index (χ3v) is 7.73. The number of carbonyl (C=O) groups excluding carboxylic acids is 1. The third-order valence-electron chi connectivity index (χ3n) is 6.62. The molecule has 0 bridgehead atoms. The molecule has 2 unspecified atom stereocenters. The minimum atomic E-state index is -4.65. The first kappa shape index (κ1) is 22.2. The maximum Gasteiger partial charge on any atom is 0.425 e. The van der Waals surface area contributed by atoms with Gasteiger partial charge in [0.15, 0.2) is 21.8 Å². The van der Waals surface area contributed by atoms with Gasteiger partial charge in [0.25, 0.3) is 5.91 Å². The summed E-state index contributed by atoms with van der Waals surface area (Å²) in [5.74, 6) is 0.665. The van der Waals surface area contributed by atoms with Crippen molar-refractivity contribution in [2.45, 2.75) is 54.7 Å². The average molecular weight is 485 g/mol. The van der Waals surface area contributed by atoms with Crippen LogP contribution in [-0.2, 0) is 15.3 Å². The van der Waals surface area contributed by atoms with Gasteiger partial charge in [0, 0.05) is 25.3 Å². The second kappa shape index (κ2) is 7.18. The van der Waals surface area contributed by atoms with Crippen LogP contribution in [0.2, 0.25) is 0 Å². The molecule has 1 aromatic carbocycles. The summed E-state index contributed by atoms with van der Waals surface area (Å²) < 4.78 is 73.7. The van der Waals surface area contributed by atoms with Gasteiger partial charge >= 0.3 is 6.18 Å². The lowest BCUT2D eigenvalue weighted by Crippen LogP contribution is -2.35. The zero-order valence-electron chi connectivity index (χ0n) is 17.9. The summed E-state index contributed by atoms with van der Waals surface area (Å²) >= 11 is 0. The number of sulfone groups is 1. The van der Waals surface area contributed by atoms with E-state index >= 15 is 0 Å². The molecule has 2 aromatic rings. The van der Waals surface area contributed by atoms with Crippen molar-refractivity contribution in [3.8, 4) is 5.75 Å². The highest BCUT2D eigenvalue weighted by molar-refractivity contribution is 7.90. The molecule has 3 atom stereocenters. The summed E-state index contributed by atoms with van der Waals surface area (Å²) in [5, 5.41) is 4.05. The van der Waals surface area contributed by atoms with Crippen LogP contribution >= 0.6 is 0 Å². The molecular formula is C21H22F3N3O5S. The molecule has 0 spiro atoms. The van der Waals surface area contributed by atoms with Crippen molar-refractivity contribution in [2.75, 3.05) is 19.3 Å². The van der Waals surface area contributed by atoms with Crippen molar-refractivity contribution in [2.24, 2.45) is 5.92 Å². The number of rotatable bonds is 6. The second-order valence-electron chi connectivity index (χ2n) is 9.21. The minimum absolute atomic E-state index is 0.102. The summed E-state index contributed by atoms with van der Waals surface area (Å²) in [6.45, 7) is 1.45. The molecular weight excluding hydrogens is 463 g/mol. The minimum Gasteiger partial charge on any atom is -0.480 e. The number of piperidine rings is 1. The fourth-order valence-corrected chi connectivity index (χ4v) is 5.00. The van der Waals surface area contributed by atoms with Gasteiger partial charge in [-0.25, -0.2) is 8.42 Å². The molecule has 0 radical (unpaired) electrons. The highest BCUT2D eigenvalue weighted by Gasteiger charge is 2.65. The van der Waals surface area contributed by atoms with Gasteiger partial charge in [-0.2, -0.15) is 18.2 Å². The van der Waals surface area contributed by atoms with E-state index in [9.17, 15) is 26.4 Å². The Balaban J connectivity index is 1.42. The van der Waals surface area contributed by atoms with Crippen LogP contribution in [0.3, 0.4) is 0 Å². The maximum atomic E-state index is 13.3. The zero-order chi connectivity index (χ0) is 23.8. The fourth-order valence-electron chi connectivity index (χ4n) is 4.35. The van der Waals surface area contributed by atoms with Crippen molar-refractivity contribution < 1.29 is 35.6 Å². The summed E-state index contributed by atoms with van der Waals surface area (Å²) in [6.07, 6.45) is -3.03. The highest BCUT2D eigenvalue weighted by Crippen LogP contribution is 2.59. The summed E-state index contributed by atoms with van der Waals surface area (Å²) in [6, 6.07) is 3.30. The Morgan fingerprint density at radius 2 is 2.06 bits per heavy atom. The first-order chi connectivity index (χ1) is 15.4. The Bertz CT molecular complexity index is 1220. The second-order valence-corrected chi connectivity index (χ2v) is 11.2. The molecule has 5 rings (SSSR count). The summed E-state index contributed by atoms with van der Waals surface area (Å²) in [7, 11) is -3.69. The molecule has 0 N–H and O–H groups in total. The Hall–Kier alpha value is -2.63. The van der Waals surface area contributed by atoms with Gasteiger partial charge in [0.05, 0.1) is 15.9 Å². The van der Waals surface area contributed by atoms with E-state index in [1.165, 1.54) is 4.90 Å². The predicted octanol–water partition coefficient (Wildman–Crippen LogP) is 3.09. The number of amides is 1. The monoisotopic (exact) mass is 485 g/mol. The van der Waals surface area contributed by atoms with E-state index in [1.54, 1.807) is 0 Å². The molecule has 1 amide bonds. The fraction of sp³-hybridized carbons (Fsp3) is 0.571. The molecule has 2 heterocycles. The Kier molecular flexibility index (Phi) is 4.83. The number of hydrogen-bond acceptors (Lipinski definition) is 7. The van der Waals surface area contributed by atoms with Gasteiger partial charge in [-0.05, 0) is 50.3 Å². The van der Waals surface area contributed by atoms with Gasteiger partial charge in [-0.15, -0.1) is 0 Å². The number of alkyl halides is 3. The lowest BCUT2D eigenvalue weighted by Gasteiger charge is -2.23. The predicted molar refractivity (Wildman–Crippen MR) is 108 cm³/mol. The van der Waals surface area contributed by atoms with E-state index in [4.69, 9.17) is 9.26 Å². The van der Waals surface area contributed by atoms with Gasteiger partial charge in [-0.3, -0.25) is 4.79 Å². The topological polar surface area (TPSA) is 103 Å². The van der Waals surface area contributed by atoms with Crippen LogP contribution in [0.4, 0.5) is 13.2 Å². The quantitative estimate of drug-likeness (QED) is 0.620. The Labute approximate surface area is 188 Å². The number of carbonyl (C=O) groups is 1. The molecule has 1 aliphatic heterocycles. The molecule has 2 saturated carbocycles. The summed E-state index contributed by atoms with van der Waals surface area (Å²) in [5.41, 5.74) is -0.681. The Morgan fingerprint density at radius 3 is 2.70 bits per heavy atom. The van der Waals surface area contributed by atoms with Crippen LogP contribution in [-0.4, -0.2) is 61.0 Å². The smallest absolute Gasteiger partial charge is 0.425 e.